The van der Waals surface area contributed by atoms with Crippen molar-refractivity contribution in [3.63, 3.8) is 0 Å². The lowest BCUT2D eigenvalue weighted by Gasteiger charge is -2.40. The number of pyridine rings is 1. The molecule has 0 saturated heterocycles. The van der Waals surface area contributed by atoms with E-state index in [9.17, 15) is 4.79 Å². The van der Waals surface area contributed by atoms with Gasteiger partial charge in [0.1, 0.15) is 10.8 Å². The Morgan fingerprint density at radius 2 is 1.73 bits per heavy atom. The first-order valence-electron chi connectivity index (χ1n) is 7.74. The van der Waals surface area contributed by atoms with Crippen LogP contribution >= 0.6 is 11.6 Å². The lowest BCUT2D eigenvalue weighted by atomic mass is 9.91. The normalized spacial score (nSPS) is 17.0. The predicted molar refractivity (Wildman–Crippen MR) is 92.5 cm³/mol. The maximum Gasteiger partial charge on any atom is 0.194 e. The first kappa shape index (κ1) is 17.1. The zero-order valence-corrected chi connectivity index (χ0v) is 15.1. The summed E-state index contributed by atoms with van der Waals surface area (Å²) in [6.45, 7) is 6.57. The maximum absolute atomic E-state index is 11.6. The monoisotopic (exact) mass is 335 g/mol. The highest BCUT2D eigenvalue weighted by atomic mass is 35.5. The minimum absolute atomic E-state index is 0.0158. The minimum atomic E-state index is -1.87. The second kappa shape index (κ2) is 6.90. The molecule has 0 aliphatic heterocycles. The Hall–Kier alpha value is -1.23. The molecule has 1 aromatic rings. The van der Waals surface area contributed by atoms with E-state index < -0.39 is 13.9 Å². The van der Waals surface area contributed by atoms with Gasteiger partial charge in [-0.3, -0.25) is 4.79 Å². The number of rotatable bonds is 6. The van der Waals surface area contributed by atoms with Crippen LogP contribution in [0, 0.1) is 0 Å². The van der Waals surface area contributed by atoms with Gasteiger partial charge in [-0.25, -0.2) is 4.98 Å². The van der Waals surface area contributed by atoms with Gasteiger partial charge in [-0.15, -0.1) is 0 Å². The third-order valence-electron chi connectivity index (χ3n) is 4.49. The topological polar surface area (TPSA) is 39.2 Å². The van der Waals surface area contributed by atoms with Crippen molar-refractivity contribution in [3.8, 4) is 0 Å². The summed E-state index contributed by atoms with van der Waals surface area (Å²) in [4.78, 5) is 15.7. The largest absolute Gasteiger partial charge is 0.400 e. The van der Waals surface area contributed by atoms with Gasteiger partial charge in [-0.2, -0.15) is 0 Å². The molecule has 0 bridgehead atoms. The van der Waals surface area contributed by atoms with Gasteiger partial charge >= 0.3 is 0 Å². The van der Waals surface area contributed by atoms with Crippen LogP contribution in [-0.2, 0) is 14.8 Å². The molecule has 0 amide bonds. The maximum atomic E-state index is 11.6. The number of hydrogen-bond acceptors (Lipinski definition) is 3. The lowest BCUT2D eigenvalue weighted by molar-refractivity contribution is -0.110. The number of nitrogens with zero attached hydrogens (tertiary/aromatic N) is 1. The van der Waals surface area contributed by atoms with Crippen molar-refractivity contribution in [2.24, 2.45) is 0 Å². The van der Waals surface area contributed by atoms with Crippen molar-refractivity contribution in [2.45, 2.75) is 44.5 Å². The molecule has 1 aliphatic rings. The van der Waals surface area contributed by atoms with Crippen molar-refractivity contribution in [1.82, 2.24) is 4.98 Å². The molecule has 0 spiro atoms. The fourth-order valence-electron chi connectivity index (χ4n) is 2.77. The molecular weight excluding hydrogens is 314 g/mol. The minimum Gasteiger partial charge on any atom is -0.400 e. The van der Waals surface area contributed by atoms with Crippen LogP contribution in [0.4, 0.5) is 0 Å². The molecule has 5 heteroatoms. The average molecular weight is 336 g/mol. The molecule has 0 saturated carbocycles. The highest BCUT2D eigenvalue weighted by molar-refractivity contribution is 6.73. The SMILES string of the molecule is CC[Si](CC)(CC)OC1(c2ccc(Cl)nc2)C=CC(=O)C=C1. The number of carbonyl (C=O) groups is 1. The van der Waals surface area contributed by atoms with Crippen LogP contribution in [0.1, 0.15) is 26.3 Å². The molecule has 1 heterocycles. The number of halogens is 1. The summed E-state index contributed by atoms with van der Waals surface area (Å²) >= 11 is 5.90. The highest BCUT2D eigenvalue weighted by Gasteiger charge is 2.40. The number of allylic oxidation sites excluding steroid dienone is 2. The van der Waals surface area contributed by atoms with Crippen molar-refractivity contribution in [1.29, 1.82) is 0 Å². The van der Waals surface area contributed by atoms with Gasteiger partial charge < -0.3 is 4.43 Å². The summed E-state index contributed by atoms with van der Waals surface area (Å²) in [6.07, 6.45) is 8.59. The van der Waals surface area contributed by atoms with Crippen molar-refractivity contribution in [3.05, 3.63) is 53.4 Å². The quantitative estimate of drug-likeness (QED) is 0.561. The zero-order valence-electron chi connectivity index (χ0n) is 13.3. The van der Waals surface area contributed by atoms with Crippen LogP contribution in [0.5, 0.6) is 0 Å². The van der Waals surface area contributed by atoms with Gasteiger partial charge in [0.25, 0.3) is 0 Å². The van der Waals surface area contributed by atoms with Gasteiger partial charge in [0.15, 0.2) is 14.1 Å². The third-order valence-corrected chi connectivity index (χ3v) is 9.35. The van der Waals surface area contributed by atoms with Crippen LogP contribution < -0.4 is 0 Å². The second-order valence-electron chi connectivity index (χ2n) is 5.58. The molecular formula is C17H22ClNO2Si. The van der Waals surface area contributed by atoms with E-state index in [1.54, 1.807) is 24.4 Å². The fourth-order valence-corrected chi connectivity index (χ4v) is 5.79. The predicted octanol–water partition coefficient (Wildman–Crippen LogP) is 4.65. The summed E-state index contributed by atoms with van der Waals surface area (Å²) in [5.74, 6) is -0.0158. The summed E-state index contributed by atoms with van der Waals surface area (Å²) < 4.78 is 6.72. The number of ketones is 1. The van der Waals surface area contributed by atoms with E-state index in [0.29, 0.717) is 5.15 Å². The average Bonchev–Trinajstić information content (AvgIpc) is 2.56. The second-order valence-corrected chi connectivity index (χ2v) is 10.7. The Balaban J connectivity index is 2.48. The Morgan fingerprint density at radius 3 is 2.18 bits per heavy atom. The number of aromatic nitrogens is 1. The van der Waals surface area contributed by atoms with E-state index >= 15 is 0 Å². The summed E-state index contributed by atoms with van der Waals surface area (Å²) in [7, 11) is -1.87. The van der Waals surface area contributed by atoms with E-state index in [-0.39, 0.29) is 5.78 Å². The summed E-state index contributed by atoms with van der Waals surface area (Å²) in [5, 5.41) is 0.448. The number of carbonyl (C=O) groups excluding carboxylic acids is 1. The molecule has 0 radical (unpaired) electrons. The van der Waals surface area contributed by atoms with Crippen molar-refractivity contribution < 1.29 is 9.22 Å². The van der Waals surface area contributed by atoms with E-state index in [0.717, 1.165) is 23.7 Å². The Kier molecular flexibility index (Phi) is 5.37. The van der Waals surface area contributed by atoms with Crippen LogP contribution in [-0.4, -0.2) is 19.1 Å². The van der Waals surface area contributed by atoms with Gasteiger partial charge in [-0.05, 0) is 48.5 Å². The smallest absolute Gasteiger partial charge is 0.194 e. The van der Waals surface area contributed by atoms with E-state index in [1.807, 2.05) is 18.2 Å². The summed E-state index contributed by atoms with van der Waals surface area (Å²) in [6, 6.07) is 6.79. The Labute approximate surface area is 138 Å². The molecule has 0 atom stereocenters. The Bertz CT molecular complexity index is 567. The van der Waals surface area contributed by atoms with Crippen LogP contribution in [0.25, 0.3) is 0 Å². The van der Waals surface area contributed by atoms with Gasteiger partial charge in [0, 0.05) is 11.8 Å². The van der Waals surface area contributed by atoms with Crippen LogP contribution in [0.2, 0.25) is 23.3 Å². The molecule has 0 N–H and O–H groups in total. The van der Waals surface area contributed by atoms with Crippen LogP contribution in [0.3, 0.4) is 0 Å². The van der Waals surface area contributed by atoms with Crippen LogP contribution in [0.15, 0.2) is 42.6 Å². The standard InChI is InChI=1S/C17H22ClNO2Si/c1-4-22(5-2,6-3)21-17(11-9-15(20)10-12-17)14-7-8-16(18)19-13-14/h7-13H,4-6H2,1-3H3. The highest BCUT2D eigenvalue weighted by Crippen LogP contribution is 2.38. The van der Waals surface area contributed by atoms with E-state index in [1.165, 1.54) is 0 Å². The molecule has 2 rings (SSSR count). The molecule has 3 nitrogen and oxygen atoms in total. The number of hydrogen-bond donors (Lipinski definition) is 0. The first-order chi connectivity index (χ1) is 10.5. The molecule has 0 fully saturated rings. The third kappa shape index (κ3) is 3.40. The van der Waals surface area contributed by atoms with Gasteiger partial charge in [0.05, 0.1) is 0 Å². The summed E-state index contributed by atoms with van der Waals surface area (Å²) in [5.41, 5.74) is 0.198. The van der Waals surface area contributed by atoms with Crippen molar-refractivity contribution in [2.75, 3.05) is 0 Å². The fraction of sp³-hybridized carbons (Fsp3) is 0.412. The van der Waals surface area contributed by atoms with Gasteiger partial charge in [0.2, 0.25) is 0 Å². The first-order valence-corrected chi connectivity index (χ1v) is 10.6. The lowest BCUT2D eigenvalue weighted by Crippen LogP contribution is -2.44. The molecule has 1 aromatic heterocycles. The molecule has 118 valence electrons. The van der Waals surface area contributed by atoms with E-state index in [2.05, 4.69) is 25.8 Å². The zero-order chi connectivity index (χ0) is 16.2. The molecule has 1 aliphatic carbocycles. The molecule has 0 aromatic carbocycles. The Morgan fingerprint density at radius 1 is 1.14 bits per heavy atom. The van der Waals surface area contributed by atoms with E-state index in [4.69, 9.17) is 16.0 Å². The molecule has 22 heavy (non-hydrogen) atoms. The molecule has 0 unspecified atom stereocenters. The van der Waals surface area contributed by atoms with Crippen molar-refractivity contribution >= 4 is 25.7 Å². The van der Waals surface area contributed by atoms with Gasteiger partial charge in [-0.1, -0.05) is 38.4 Å².